The van der Waals surface area contributed by atoms with Crippen molar-refractivity contribution >= 4 is 11.8 Å². The zero-order valence-electron chi connectivity index (χ0n) is 14.0. The Balaban J connectivity index is 1.72. The fourth-order valence-corrected chi connectivity index (χ4v) is 3.16. The molecule has 1 aromatic carbocycles. The largest absolute Gasteiger partial charge is 0.383 e. The molecule has 1 aliphatic heterocycles. The summed E-state index contributed by atoms with van der Waals surface area (Å²) < 4.78 is 27.8. The third-order valence-corrected chi connectivity index (χ3v) is 4.78. The van der Waals surface area contributed by atoms with Crippen molar-refractivity contribution in [1.82, 2.24) is 9.80 Å². The van der Waals surface area contributed by atoms with Gasteiger partial charge in [-0.25, -0.2) is 8.78 Å². The van der Waals surface area contributed by atoms with Gasteiger partial charge in [0.15, 0.2) is 0 Å². The van der Waals surface area contributed by atoms with Crippen LogP contribution in [0.25, 0.3) is 0 Å². The zero-order valence-corrected chi connectivity index (χ0v) is 14.0. The number of aliphatic hydroxyl groups excluding tert-OH is 1. The van der Waals surface area contributed by atoms with Gasteiger partial charge in [-0.15, -0.1) is 0 Å². The van der Waals surface area contributed by atoms with Gasteiger partial charge in [-0.05, 0) is 44.2 Å². The standard InChI is InChI=1S/C18H22F2N2O3/c19-14-4-3-5-15(20)13(14)10-22(12-7-8-12)17(24)11-21-9-2-1-6-16(23)18(21)25/h3-5,12,16,23H,1-2,6-11H2. The summed E-state index contributed by atoms with van der Waals surface area (Å²) in [5.74, 6) is -2.15. The Morgan fingerprint density at radius 1 is 1.20 bits per heavy atom. The van der Waals surface area contributed by atoms with E-state index in [0.717, 1.165) is 25.7 Å². The van der Waals surface area contributed by atoms with Crippen molar-refractivity contribution in [3.05, 3.63) is 35.4 Å². The Morgan fingerprint density at radius 2 is 1.88 bits per heavy atom. The minimum Gasteiger partial charge on any atom is -0.383 e. The van der Waals surface area contributed by atoms with Gasteiger partial charge in [-0.1, -0.05) is 6.07 Å². The van der Waals surface area contributed by atoms with Gasteiger partial charge in [0.25, 0.3) is 5.91 Å². The van der Waals surface area contributed by atoms with Crippen LogP contribution in [-0.2, 0) is 16.1 Å². The first-order chi connectivity index (χ1) is 12.0. The van der Waals surface area contributed by atoms with Crippen LogP contribution in [-0.4, -0.2) is 52.0 Å². The lowest BCUT2D eigenvalue weighted by Gasteiger charge is -2.28. The first-order valence-corrected chi connectivity index (χ1v) is 8.66. The van der Waals surface area contributed by atoms with Gasteiger partial charge in [0, 0.05) is 18.2 Å². The molecule has 2 amide bonds. The molecular weight excluding hydrogens is 330 g/mol. The summed E-state index contributed by atoms with van der Waals surface area (Å²) >= 11 is 0. The molecule has 136 valence electrons. The van der Waals surface area contributed by atoms with E-state index in [1.807, 2.05) is 0 Å². The lowest BCUT2D eigenvalue weighted by molar-refractivity contribution is -0.145. The van der Waals surface area contributed by atoms with Gasteiger partial charge >= 0.3 is 0 Å². The third kappa shape index (κ3) is 4.15. The quantitative estimate of drug-likeness (QED) is 0.880. The molecule has 1 unspecified atom stereocenters. The van der Waals surface area contributed by atoms with Gasteiger partial charge < -0.3 is 14.9 Å². The summed E-state index contributed by atoms with van der Waals surface area (Å²) in [5.41, 5.74) is -0.134. The van der Waals surface area contributed by atoms with Gasteiger partial charge in [-0.3, -0.25) is 9.59 Å². The molecule has 1 heterocycles. The summed E-state index contributed by atoms with van der Waals surface area (Å²) in [6, 6.07) is 3.58. The number of nitrogens with zero attached hydrogens (tertiary/aromatic N) is 2. The first kappa shape index (κ1) is 17.8. The van der Waals surface area contributed by atoms with E-state index in [4.69, 9.17) is 0 Å². The minimum atomic E-state index is -1.08. The van der Waals surface area contributed by atoms with E-state index in [0.29, 0.717) is 13.0 Å². The van der Waals surface area contributed by atoms with Crippen LogP contribution in [0, 0.1) is 11.6 Å². The van der Waals surface area contributed by atoms with Crippen LogP contribution in [0.4, 0.5) is 8.78 Å². The lowest BCUT2D eigenvalue weighted by Crippen LogP contribution is -2.46. The van der Waals surface area contributed by atoms with Crippen LogP contribution in [0.3, 0.4) is 0 Å². The van der Waals surface area contributed by atoms with E-state index in [9.17, 15) is 23.5 Å². The number of hydrogen-bond donors (Lipinski definition) is 1. The smallest absolute Gasteiger partial charge is 0.251 e. The second-order valence-electron chi connectivity index (χ2n) is 6.72. The van der Waals surface area contributed by atoms with Crippen molar-refractivity contribution in [3.8, 4) is 0 Å². The van der Waals surface area contributed by atoms with Gasteiger partial charge in [0.2, 0.25) is 5.91 Å². The minimum absolute atomic E-state index is 0.0430. The molecule has 1 atom stereocenters. The fraction of sp³-hybridized carbons (Fsp3) is 0.556. The van der Waals surface area contributed by atoms with Crippen molar-refractivity contribution < 1.29 is 23.5 Å². The molecule has 1 aromatic rings. The molecular formula is C18H22F2N2O3. The number of aliphatic hydroxyl groups is 1. The molecule has 1 N–H and O–H groups in total. The molecule has 1 aliphatic carbocycles. The van der Waals surface area contributed by atoms with Crippen molar-refractivity contribution in [2.75, 3.05) is 13.1 Å². The van der Waals surface area contributed by atoms with Crippen LogP contribution in [0.2, 0.25) is 0 Å². The summed E-state index contributed by atoms with van der Waals surface area (Å²) in [7, 11) is 0. The number of carbonyl (C=O) groups excluding carboxylic acids is 2. The highest BCUT2D eigenvalue weighted by molar-refractivity contribution is 5.87. The van der Waals surface area contributed by atoms with E-state index >= 15 is 0 Å². The van der Waals surface area contributed by atoms with E-state index in [1.54, 1.807) is 0 Å². The predicted octanol–water partition coefficient (Wildman–Crippen LogP) is 1.83. The molecule has 0 bridgehead atoms. The average Bonchev–Trinajstić information content (AvgIpc) is 3.41. The Hall–Kier alpha value is -2.02. The average molecular weight is 352 g/mol. The second-order valence-corrected chi connectivity index (χ2v) is 6.72. The normalized spacial score (nSPS) is 21.2. The molecule has 5 nitrogen and oxygen atoms in total. The van der Waals surface area contributed by atoms with Crippen LogP contribution < -0.4 is 0 Å². The second kappa shape index (κ2) is 7.47. The molecule has 2 aliphatic rings. The lowest BCUT2D eigenvalue weighted by atomic mass is 10.1. The number of rotatable bonds is 5. The maximum absolute atomic E-state index is 13.9. The molecule has 1 saturated carbocycles. The monoisotopic (exact) mass is 352 g/mol. The fourth-order valence-electron chi connectivity index (χ4n) is 3.16. The Morgan fingerprint density at radius 3 is 2.52 bits per heavy atom. The predicted molar refractivity (Wildman–Crippen MR) is 86.4 cm³/mol. The molecule has 25 heavy (non-hydrogen) atoms. The SMILES string of the molecule is O=C1C(O)CCCCN1CC(=O)N(Cc1c(F)cccc1F)C1CC1. The summed E-state index contributed by atoms with van der Waals surface area (Å²) in [6.45, 7) is 0.100. The van der Waals surface area contributed by atoms with Crippen molar-refractivity contribution in [2.45, 2.75) is 50.8 Å². The summed E-state index contributed by atoms with van der Waals surface area (Å²) in [5, 5.41) is 9.79. The Bertz CT molecular complexity index is 643. The topological polar surface area (TPSA) is 60.9 Å². The van der Waals surface area contributed by atoms with Crippen molar-refractivity contribution in [2.24, 2.45) is 0 Å². The van der Waals surface area contributed by atoms with Gasteiger partial charge in [0.1, 0.15) is 17.7 Å². The van der Waals surface area contributed by atoms with Crippen molar-refractivity contribution in [3.63, 3.8) is 0 Å². The molecule has 0 aromatic heterocycles. The highest BCUT2D eigenvalue weighted by atomic mass is 19.1. The zero-order chi connectivity index (χ0) is 18.0. The number of halogens is 2. The van der Waals surface area contributed by atoms with Crippen LogP contribution >= 0.6 is 0 Å². The molecule has 0 spiro atoms. The van der Waals surface area contributed by atoms with E-state index in [1.165, 1.54) is 28.0 Å². The number of likely N-dealkylation sites (tertiary alicyclic amines) is 1. The Labute approximate surface area is 145 Å². The van der Waals surface area contributed by atoms with Crippen LogP contribution in [0.15, 0.2) is 18.2 Å². The molecule has 2 fully saturated rings. The number of benzene rings is 1. The molecule has 7 heteroatoms. The number of amides is 2. The summed E-state index contributed by atoms with van der Waals surface area (Å²) in [4.78, 5) is 27.6. The van der Waals surface area contributed by atoms with Gasteiger partial charge in [-0.2, -0.15) is 0 Å². The van der Waals surface area contributed by atoms with E-state index in [2.05, 4.69) is 0 Å². The summed E-state index contributed by atoms with van der Waals surface area (Å²) in [6.07, 6.45) is 2.35. The maximum Gasteiger partial charge on any atom is 0.251 e. The molecule has 0 radical (unpaired) electrons. The molecule has 3 rings (SSSR count). The van der Waals surface area contributed by atoms with Crippen LogP contribution in [0.1, 0.15) is 37.7 Å². The Kier molecular flexibility index (Phi) is 5.32. The third-order valence-electron chi connectivity index (χ3n) is 4.78. The number of hydrogen-bond acceptors (Lipinski definition) is 3. The maximum atomic E-state index is 13.9. The highest BCUT2D eigenvalue weighted by Crippen LogP contribution is 2.30. The van der Waals surface area contributed by atoms with E-state index in [-0.39, 0.29) is 30.6 Å². The molecule has 1 saturated heterocycles. The highest BCUT2D eigenvalue weighted by Gasteiger charge is 2.35. The first-order valence-electron chi connectivity index (χ1n) is 8.66. The van der Waals surface area contributed by atoms with Gasteiger partial charge in [0.05, 0.1) is 13.1 Å². The van der Waals surface area contributed by atoms with Crippen LogP contribution in [0.5, 0.6) is 0 Å². The van der Waals surface area contributed by atoms with Crippen molar-refractivity contribution in [1.29, 1.82) is 0 Å². The number of carbonyl (C=O) groups is 2. The van der Waals surface area contributed by atoms with E-state index < -0.39 is 23.6 Å².